The molecular weight excluding hydrogens is 230 g/mol. The highest BCUT2D eigenvalue weighted by Gasteiger charge is 2.20. The second-order valence-electron chi connectivity index (χ2n) is 4.31. The standard InChI is InChI=1S/C14H23NO3/c1-4-5-12(16)11(9-15)10-6-7-13(17-2)14(8-10)18-3/h6-8,11-12,16H,4-5,9,15H2,1-3H3. The van der Waals surface area contributed by atoms with Gasteiger partial charge >= 0.3 is 0 Å². The lowest BCUT2D eigenvalue weighted by atomic mass is 9.91. The molecule has 0 bridgehead atoms. The summed E-state index contributed by atoms with van der Waals surface area (Å²) in [6.07, 6.45) is 1.26. The molecule has 102 valence electrons. The summed E-state index contributed by atoms with van der Waals surface area (Å²) in [6.45, 7) is 2.46. The third-order valence-corrected chi connectivity index (χ3v) is 3.14. The third-order valence-electron chi connectivity index (χ3n) is 3.14. The summed E-state index contributed by atoms with van der Waals surface area (Å²) < 4.78 is 10.5. The molecule has 0 spiro atoms. The van der Waals surface area contributed by atoms with E-state index in [1.54, 1.807) is 14.2 Å². The van der Waals surface area contributed by atoms with Crippen molar-refractivity contribution in [1.29, 1.82) is 0 Å². The first-order chi connectivity index (χ1) is 8.67. The average Bonchev–Trinajstić information content (AvgIpc) is 2.39. The molecular formula is C14H23NO3. The van der Waals surface area contributed by atoms with Crippen LogP contribution >= 0.6 is 0 Å². The van der Waals surface area contributed by atoms with Crippen molar-refractivity contribution in [1.82, 2.24) is 0 Å². The molecule has 3 N–H and O–H groups in total. The summed E-state index contributed by atoms with van der Waals surface area (Å²) in [5.41, 5.74) is 6.75. The number of ether oxygens (including phenoxy) is 2. The molecule has 0 fully saturated rings. The molecule has 0 saturated heterocycles. The monoisotopic (exact) mass is 253 g/mol. The van der Waals surface area contributed by atoms with Crippen LogP contribution in [-0.4, -0.2) is 32.0 Å². The van der Waals surface area contributed by atoms with Crippen molar-refractivity contribution >= 4 is 0 Å². The Morgan fingerprint density at radius 1 is 1.22 bits per heavy atom. The number of methoxy groups -OCH3 is 2. The molecule has 0 saturated carbocycles. The highest BCUT2D eigenvalue weighted by Crippen LogP contribution is 2.32. The van der Waals surface area contributed by atoms with Gasteiger partial charge in [0.2, 0.25) is 0 Å². The van der Waals surface area contributed by atoms with Crippen molar-refractivity contribution in [2.75, 3.05) is 20.8 Å². The predicted octanol–water partition coefficient (Wildman–Crippen LogP) is 1.91. The van der Waals surface area contributed by atoms with Gasteiger partial charge in [0.05, 0.1) is 20.3 Å². The van der Waals surface area contributed by atoms with Crippen molar-refractivity contribution in [3.8, 4) is 11.5 Å². The summed E-state index contributed by atoms with van der Waals surface area (Å²) in [5.74, 6) is 1.28. The van der Waals surface area contributed by atoms with E-state index >= 15 is 0 Å². The predicted molar refractivity (Wildman–Crippen MR) is 72.3 cm³/mol. The third kappa shape index (κ3) is 3.37. The van der Waals surface area contributed by atoms with Crippen LogP contribution in [0, 0.1) is 0 Å². The molecule has 1 aromatic carbocycles. The number of nitrogens with two attached hydrogens (primary N) is 1. The van der Waals surface area contributed by atoms with Gasteiger partial charge in [0.1, 0.15) is 0 Å². The molecule has 0 aromatic heterocycles. The number of aliphatic hydroxyl groups is 1. The van der Waals surface area contributed by atoms with Gasteiger partial charge in [0.15, 0.2) is 11.5 Å². The molecule has 0 aliphatic heterocycles. The van der Waals surface area contributed by atoms with E-state index in [4.69, 9.17) is 15.2 Å². The Balaban J connectivity index is 2.99. The average molecular weight is 253 g/mol. The number of aliphatic hydroxyl groups excluding tert-OH is 1. The molecule has 0 heterocycles. The van der Waals surface area contributed by atoms with Crippen molar-refractivity contribution in [3.05, 3.63) is 23.8 Å². The molecule has 4 nitrogen and oxygen atoms in total. The fourth-order valence-electron chi connectivity index (χ4n) is 2.10. The van der Waals surface area contributed by atoms with Gasteiger partial charge in [-0.05, 0) is 24.1 Å². The van der Waals surface area contributed by atoms with Gasteiger partial charge in [-0.1, -0.05) is 19.4 Å². The summed E-state index contributed by atoms with van der Waals surface area (Å²) in [5, 5.41) is 10.1. The van der Waals surface area contributed by atoms with E-state index in [-0.39, 0.29) is 5.92 Å². The summed E-state index contributed by atoms with van der Waals surface area (Å²) >= 11 is 0. The smallest absolute Gasteiger partial charge is 0.160 e. The van der Waals surface area contributed by atoms with Crippen molar-refractivity contribution in [3.63, 3.8) is 0 Å². The Labute approximate surface area is 109 Å². The zero-order valence-electron chi connectivity index (χ0n) is 11.3. The van der Waals surface area contributed by atoms with Gasteiger partial charge in [-0.15, -0.1) is 0 Å². The molecule has 2 atom stereocenters. The molecule has 1 aromatic rings. The minimum absolute atomic E-state index is 0.0650. The first-order valence-electron chi connectivity index (χ1n) is 6.27. The van der Waals surface area contributed by atoms with Gasteiger partial charge < -0.3 is 20.3 Å². The number of hydrogen-bond donors (Lipinski definition) is 2. The summed E-state index contributed by atoms with van der Waals surface area (Å²) in [7, 11) is 3.20. The van der Waals surface area contributed by atoms with Crippen LogP contribution in [0.1, 0.15) is 31.2 Å². The Morgan fingerprint density at radius 3 is 2.39 bits per heavy atom. The maximum atomic E-state index is 10.1. The zero-order chi connectivity index (χ0) is 13.5. The maximum Gasteiger partial charge on any atom is 0.160 e. The molecule has 2 unspecified atom stereocenters. The van der Waals surface area contributed by atoms with E-state index in [0.717, 1.165) is 18.4 Å². The van der Waals surface area contributed by atoms with E-state index in [0.29, 0.717) is 18.0 Å². The molecule has 18 heavy (non-hydrogen) atoms. The van der Waals surface area contributed by atoms with Crippen LogP contribution in [0.25, 0.3) is 0 Å². The minimum Gasteiger partial charge on any atom is -0.493 e. The van der Waals surface area contributed by atoms with E-state index in [1.807, 2.05) is 25.1 Å². The summed E-state index contributed by atoms with van der Waals surface area (Å²) in [6, 6.07) is 5.66. The fraction of sp³-hybridized carbons (Fsp3) is 0.571. The van der Waals surface area contributed by atoms with E-state index in [2.05, 4.69) is 0 Å². The van der Waals surface area contributed by atoms with Crippen molar-refractivity contribution < 1.29 is 14.6 Å². The van der Waals surface area contributed by atoms with E-state index < -0.39 is 6.10 Å². The maximum absolute atomic E-state index is 10.1. The Bertz CT molecular complexity index is 368. The lowest BCUT2D eigenvalue weighted by Crippen LogP contribution is -2.25. The van der Waals surface area contributed by atoms with Crippen LogP contribution < -0.4 is 15.2 Å². The highest BCUT2D eigenvalue weighted by atomic mass is 16.5. The summed E-state index contributed by atoms with van der Waals surface area (Å²) in [4.78, 5) is 0. The largest absolute Gasteiger partial charge is 0.493 e. The van der Waals surface area contributed by atoms with Crippen molar-refractivity contribution in [2.24, 2.45) is 5.73 Å². The lowest BCUT2D eigenvalue weighted by Gasteiger charge is -2.22. The van der Waals surface area contributed by atoms with E-state index in [9.17, 15) is 5.11 Å². The van der Waals surface area contributed by atoms with E-state index in [1.165, 1.54) is 0 Å². The molecule has 0 aliphatic rings. The topological polar surface area (TPSA) is 64.7 Å². The molecule has 0 radical (unpaired) electrons. The molecule has 0 amide bonds. The zero-order valence-corrected chi connectivity index (χ0v) is 11.3. The lowest BCUT2D eigenvalue weighted by molar-refractivity contribution is 0.135. The Morgan fingerprint density at radius 2 is 1.89 bits per heavy atom. The van der Waals surface area contributed by atoms with Crippen LogP contribution in [0.4, 0.5) is 0 Å². The molecule has 4 heteroatoms. The Kier molecular flexibility index (Phi) is 5.95. The van der Waals surface area contributed by atoms with Gasteiger partial charge in [-0.25, -0.2) is 0 Å². The van der Waals surface area contributed by atoms with Crippen LogP contribution in [-0.2, 0) is 0 Å². The second kappa shape index (κ2) is 7.24. The SMILES string of the molecule is CCCC(O)C(CN)c1ccc(OC)c(OC)c1. The normalized spacial score (nSPS) is 14.1. The van der Waals surface area contributed by atoms with Crippen LogP contribution in [0.5, 0.6) is 11.5 Å². The Hall–Kier alpha value is -1.26. The second-order valence-corrected chi connectivity index (χ2v) is 4.31. The molecule has 0 aliphatic carbocycles. The van der Waals surface area contributed by atoms with Crippen molar-refractivity contribution in [2.45, 2.75) is 31.8 Å². The van der Waals surface area contributed by atoms with Gasteiger partial charge in [0, 0.05) is 12.5 Å². The number of benzene rings is 1. The van der Waals surface area contributed by atoms with Crippen LogP contribution in [0.2, 0.25) is 0 Å². The minimum atomic E-state index is -0.418. The van der Waals surface area contributed by atoms with Crippen LogP contribution in [0.15, 0.2) is 18.2 Å². The number of hydrogen-bond acceptors (Lipinski definition) is 4. The first-order valence-corrected chi connectivity index (χ1v) is 6.27. The van der Waals surface area contributed by atoms with Gasteiger partial charge in [0.25, 0.3) is 0 Å². The van der Waals surface area contributed by atoms with Crippen LogP contribution in [0.3, 0.4) is 0 Å². The van der Waals surface area contributed by atoms with Gasteiger partial charge in [-0.2, -0.15) is 0 Å². The van der Waals surface area contributed by atoms with Gasteiger partial charge in [-0.3, -0.25) is 0 Å². The fourth-order valence-corrected chi connectivity index (χ4v) is 2.10. The number of rotatable bonds is 7. The molecule has 1 rings (SSSR count). The quantitative estimate of drug-likeness (QED) is 0.779. The first kappa shape index (κ1) is 14.8. The highest BCUT2D eigenvalue weighted by molar-refractivity contribution is 5.44.